The maximum Gasteiger partial charge on any atom is 0.524 e. The SMILES string of the molecule is N[C@@H]1CCc2ccccc2N[C@H]1OC(F)(F)F. The standard InChI is InChI=1S/C11H13F3N2O/c12-11(13,14)17-10-8(15)6-5-7-3-1-2-4-9(7)16-10/h1-4,8,10,16H,5-6,15H2/t8-,10+/m1/s1. The fourth-order valence-corrected chi connectivity index (χ4v) is 1.87. The molecule has 1 aliphatic rings. The minimum absolute atomic E-state index is 0.449. The van der Waals surface area contributed by atoms with Crippen LogP contribution in [0.2, 0.25) is 0 Å². The molecule has 6 heteroatoms. The molecule has 0 spiro atoms. The van der Waals surface area contributed by atoms with Gasteiger partial charge in [0.25, 0.3) is 0 Å². The largest absolute Gasteiger partial charge is 0.524 e. The Kier molecular flexibility index (Phi) is 3.26. The highest BCUT2D eigenvalue weighted by molar-refractivity contribution is 5.52. The number of aryl methyl sites for hydroxylation is 1. The van der Waals surface area contributed by atoms with E-state index in [1.165, 1.54) is 0 Å². The van der Waals surface area contributed by atoms with Gasteiger partial charge in [-0.3, -0.25) is 4.74 Å². The van der Waals surface area contributed by atoms with Crippen molar-refractivity contribution in [1.29, 1.82) is 0 Å². The molecule has 0 amide bonds. The number of para-hydroxylation sites is 1. The van der Waals surface area contributed by atoms with E-state index in [1.807, 2.05) is 12.1 Å². The summed E-state index contributed by atoms with van der Waals surface area (Å²) in [4.78, 5) is 0. The van der Waals surface area contributed by atoms with E-state index in [-0.39, 0.29) is 0 Å². The van der Waals surface area contributed by atoms with Gasteiger partial charge in [-0.1, -0.05) is 18.2 Å². The fraction of sp³-hybridized carbons (Fsp3) is 0.455. The van der Waals surface area contributed by atoms with Gasteiger partial charge < -0.3 is 11.1 Å². The van der Waals surface area contributed by atoms with Crippen molar-refractivity contribution in [3.05, 3.63) is 29.8 Å². The van der Waals surface area contributed by atoms with Gasteiger partial charge in [0.2, 0.25) is 0 Å². The van der Waals surface area contributed by atoms with Gasteiger partial charge in [-0.05, 0) is 24.5 Å². The van der Waals surface area contributed by atoms with Crippen LogP contribution in [0.1, 0.15) is 12.0 Å². The van der Waals surface area contributed by atoms with E-state index in [0.717, 1.165) is 5.56 Å². The fourth-order valence-electron chi connectivity index (χ4n) is 1.87. The second-order valence-corrected chi connectivity index (χ2v) is 3.99. The van der Waals surface area contributed by atoms with Crippen LogP contribution in [-0.2, 0) is 11.2 Å². The predicted molar refractivity (Wildman–Crippen MR) is 57.3 cm³/mol. The van der Waals surface area contributed by atoms with Crippen LogP contribution in [0.15, 0.2) is 24.3 Å². The molecule has 94 valence electrons. The number of benzene rings is 1. The number of hydrogen-bond donors (Lipinski definition) is 2. The van der Waals surface area contributed by atoms with Crippen LogP contribution in [0, 0.1) is 0 Å². The molecule has 0 aromatic heterocycles. The molecule has 0 fully saturated rings. The summed E-state index contributed by atoms with van der Waals surface area (Å²) in [5.74, 6) is 0. The van der Waals surface area contributed by atoms with E-state index in [4.69, 9.17) is 5.73 Å². The van der Waals surface area contributed by atoms with Crippen molar-refractivity contribution in [3.63, 3.8) is 0 Å². The first-order chi connectivity index (χ1) is 7.96. The van der Waals surface area contributed by atoms with Crippen LogP contribution < -0.4 is 11.1 Å². The molecule has 2 rings (SSSR count). The highest BCUT2D eigenvalue weighted by Gasteiger charge is 2.37. The van der Waals surface area contributed by atoms with Crippen LogP contribution in [0.5, 0.6) is 0 Å². The Bertz CT molecular complexity index is 395. The molecule has 1 aromatic rings. The van der Waals surface area contributed by atoms with E-state index in [9.17, 15) is 13.2 Å². The van der Waals surface area contributed by atoms with Gasteiger partial charge in [0.15, 0.2) is 6.23 Å². The number of ether oxygens (including phenoxy) is 1. The van der Waals surface area contributed by atoms with Crippen molar-refractivity contribution < 1.29 is 17.9 Å². The van der Waals surface area contributed by atoms with Crippen molar-refractivity contribution in [2.45, 2.75) is 31.5 Å². The predicted octanol–water partition coefficient (Wildman–Crippen LogP) is 2.23. The van der Waals surface area contributed by atoms with Gasteiger partial charge in [0.1, 0.15) is 0 Å². The molecule has 1 aliphatic heterocycles. The van der Waals surface area contributed by atoms with Gasteiger partial charge >= 0.3 is 6.36 Å². The van der Waals surface area contributed by atoms with Crippen molar-refractivity contribution in [1.82, 2.24) is 0 Å². The second kappa shape index (κ2) is 4.54. The molecule has 0 saturated heterocycles. The third-order valence-electron chi connectivity index (χ3n) is 2.71. The summed E-state index contributed by atoms with van der Waals surface area (Å²) in [5.41, 5.74) is 7.28. The van der Waals surface area contributed by atoms with E-state index in [2.05, 4.69) is 10.1 Å². The number of fused-ring (bicyclic) bond motifs is 1. The van der Waals surface area contributed by atoms with Gasteiger partial charge in [-0.15, -0.1) is 13.2 Å². The van der Waals surface area contributed by atoms with Crippen LogP contribution in [0.25, 0.3) is 0 Å². The average Bonchev–Trinajstić information content (AvgIpc) is 2.38. The number of hydrogen-bond acceptors (Lipinski definition) is 3. The van der Waals surface area contributed by atoms with E-state index < -0.39 is 18.6 Å². The summed E-state index contributed by atoms with van der Waals surface area (Å²) in [5, 5.41) is 2.70. The molecule has 17 heavy (non-hydrogen) atoms. The van der Waals surface area contributed by atoms with Crippen molar-refractivity contribution in [2.24, 2.45) is 5.73 Å². The maximum atomic E-state index is 12.2. The zero-order valence-corrected chi connectivity index (χ0v) is 9.00. The molecule has 2 atom stereocenters. The Morgan fingerprint density at radius 3 is 2.71 bits per heavy atom. The minimum atomic E-state index is -4.69. The first kappa shape index (κ1) is 12.2. The number of alkyl halides is 3. The van der Waals surface area contributed by atoms with Crippen molar-refractivity contribution in [3.8, 4) is 0 Å². The molecular weight excluding hydrogens is 233 g/mol. The molecule has 0 aliphatic carbocycles. The molecule has 0 bridgehead atoms. The first-order valence-corrected chi connectivity index (χ1v) is 5.30. The summed E-state index contributed by atoms with van der Waals surface area (Å²) >= 11 is 0. The lowest BCUT2D eigenvalue weighted by atomic mass is 10.1. The summed E-state index contributed by atoms with van der Waals surface area (Å²) in [6, 6.07) is 6.50. The molecule has 0 radical (unpaired) electrons. The molecule has 3 nitrogen and oxygen atoms in total. The number of nitrogens with one attached hydrogen (secondary N) is 1. The van der Waals surface area contributed by atoms with Crippen LogP contribution in [-0.4, -0.2) is 18.6 Å². The van der Waals surface area contributed by atoms with E-state index in [1.54, 1.807) is 12.1 Å². The second-order valence-electron chi connectivity index (χ2n) is 3.99. The smallest absolute Gasteiger partial charge is 0.358 e. The van der Waals surface area contributed by atoms with E-state index in [0.29, 0.717) is 18.5 Å². The van der Waals surface area contributed by atoms with Gasteiger partial charge in [0.05, 0.1) is 6.04 Å². The van der Waals surface area contributed by atoms with E-state index >= 15 is 0 Å². The summed E-state index contributed by atoms with van der Waals surface area (Å²) < 4.78 is 40.6. The highest BCUT2D eigenvalue weighted by atomic mass is 19.4. The summed E-state index contributed by atoms with van der Waals surface area (Å²) in [7, 11) is 0. The number of nitrogens with two attached hydrogens (primary N) is 1. The third kappa shape index (κ3) is 3.10. The number of halogens is 3. The quantitative estimate of drug-likeness (QED) is 0.798. The minimum Gasteiger partial charge on any atom is -0.358 e. The molecule has 0 unspecified atom stereocenters. The highest BCUT2D eigenvalue weighted by Crippen LogP contribution is 2.27. The zero-order valence-electron chi connectivity index (χ0n) is 9.00. The summed E-state index contributed by atoms with van der Waals surface area (Å²) in [6.07, 6.45) is -4.83. The Labute approximate surface area is 96.8 Å². The molecule has 1 aromatic carbocycles. The van der Waals surface area contributed by atoms with Crippen LogP contribution in [0.4, 0.5) is 18.9 Å². The van der Waals surface area contributed by atoms with Crippen LogP contribution in [0.3, 0.4) is 0 Å². The Balaban J connectivity index is 2.18. The zero-order chi connectivity index (χ0) is 12.5. The average molecular weight is 246 g/mol. The normalized spacial score (nSPS) is 24.7. The Hall–Kier alpha value is -1.27. The van der Waals surface area contributed by atoms with Crippen molar-refractivity contribution in [2.75, 3.05) is 5.32 Å². The molecular formula is C11H13F3N2O. The molecule has 0 saturated carbocycles. The monoisotopic (exact) mass is 246 g/mol. The Morgan fingerprint density at radius 1 is 1.29 bits per heavy atom. The number of anilines is 1. The first-order valence-electron chi connectivity index (χ1n) is 5.30. The maximum absolute atomic E-state index is 12.2. The molecule has 3 N–H and O–H groups in total. The Morgan fingerprint density at radius 2 is 2.00 bits per heavy atom. The lowest BCUT2D eigenvalue weighted by Crippen LogP contribution is -2.44. The number of rotatable bonds is 1. The summed E-state index contributed by atoms with van der Waals surface area (Å²) in [6.45, 7) is 0. The third-order valence-corrected chi connectivity index (χ3v) is 2.71. The van der Waals surface area contributed by atoms with Gasteiger partial charge in [0, 0.05) is 5.69 Å². The van der Waals surface area contributed by atoms with Gasteiger partial charge in [-0.25, -0.2) is 0 Å². The lowest BCUT2D eigenvalue weighted by Gasteiger charge is -2.24. The topological polar surface area (TPSA) is 47.3 Å². The molecule has 1 heterocycles. The van der Waals surface area contributed by atoms with Crippen molar-refractivity contribution >= 4 is 5.69 Å². The van der Waals surface area contributed by atoms with Gasteiger partial charge in [-0.2, -0.15) is 0 Å². The van der Waals surface area contributed by atoms with Crippen LogP contribution >= 0.6 is 0 Å². The lowest BCUT2D eigenvalue weighted by molar-refractivity contribution is -0.340.